The molecule has 0 N–H and O–H groups in total. The summed E-state index contributed by atoms with van der Waals surface area (Å²) in [6.07, 6.45) is 0. The Morgan fingerprint density at radius 3 is 1.65 bits per heavy atom. The van der Waals surface area contributed by atoms with Gasteiger partial charge in [-0.05, 0) is 114 Å². The number of thiophene rings is 1. The van der Waals surface area contributed by atoms with E-state index in [1.165, 1.54) is 97.4 Å². The Balaban J connectivity index is 1.02. The van der Waals surface area contributed by atoms with Crippen LogP contribution in [0.25, 0.3) is 75.1 Å². The number of hydrogen-bond donors (Lipinski definition) is 0. The largest absolute Gasteiger partial charge is 0.310 e. The molecule has 0 atom stereocenters. The second kappa shape index (κ2) is 15.1. The van der Waals surface area contributed by atoms with Crippen LogP contribution in [0.2, 0.25) is 0 Å². The highest BCUT2D eigenvalue weighted by Gasteiger charge is 2.47. The molecule has 1 heterocycles. The number of anilines is 3. The summed E-state index contributed by atoms with van der Waals surface area (Å²) in [7, 11) is 0. The van der Waals surface area contributed by atoms with E-state index in [9.17, 15) is 0 Å². The molecule has 1 aliphatic carbocycles. The summed E-state index contributed by atoms with van der Waals surface area (Å²) in [5.41, 5.74) is 15.4. The van der Waals surface area contributed by atoms with E-state index in [1.54, 1.807) is 0 Å². The summed E-state index contributed by atoms with van der Waals surface area (Å²) in [6.45, 7) is 0. The fraction of sp³-hybridized carbons (Fsp3) is 0.0159. The smallest absolute Gasteiger partial charge is 0.0714 e. The van der Waals surface area contributed by atoms with Crippen molar-refractivity contribution in [1.29, 1.82) is 0 Å². The van der Waals surface area contributed by atoms with Crippen LogP contribution in [-0.2, 0) is 5.41 Å². The minimum Gasteiger partial charge on any atom is -0.310 e. The average Bonchev–Trinajstić information content (AvgIpc) is 3.91. The maximum Gasteiger partial charge on any atom is 0.0714 e. The molecule has 65 heavy (non-hydrogen) atoms. The number of rotatable bonds is 7. The van der Waals surface area contributed by atoms with Gasteiger partial charge in [0.2, 0.25) is 0 Å². The fourth-order valence-electron chi connectivity index (χ4n) is 11.0. The molecular weight excluding hydrogens is 803 g/mol. The van der Waals surface area contributed by atoms with Gasteiger partial charge >= 0.3 is 0 Å². The molecule has 304 valence electrons. The summed E-state index contributed by atoms with van der Waals surface area (Å²) < 4.78 is 2.60. The lowest BCUT2D eigenvalue weighted by atomic mass is 9.68. The standard InChI is InChI=1S/C63H41NS/c1-3-19-44(20-4-1)63(45-21-5-2-6-22-45)57-29-13-11-27-55(57)62-58(63)30-16-31-59(62)64(47-37-40-61-56(41-47)54-26-12-14-32-60(54)65-61)46-35-33-43(34-36-46)49-38-39-53(52-25-10-9-24-50(49)52)51-28-15-18-42-17-7-8-23-48(42)51/h1-41H. The maximum atomic E-state index is 2.50. The topological polar surface area (TPSA) is 3.24 Å². The second-order valence-corrected chi connectivity index (χ2v) is 18.2. The quantitative estimate of drug-likeness (QED) is 0.154. The molecule has 0 spiro atoms. The van der Waals surface area contributed by atoms with E-state index in [0.29, 0.717) is 0 Å². The zero-order chi connectivity index (χ0) is 42.9. The van der Waals surface area contributed by atoms with E-state index in [1.807, 2.05) is 11.3 Å². The lowest BCUT2D eigenvalue weighted by Crippen LogP contribution is -2.28. The van der Waals surface area contributed by atoms with E-state index in [0.717, 1.165) is 17.1 Å². The van der Waals surface area contributed by atoms with Gasteiger partial charge in [0.1, 0.15) is 0 Å². The Hall–Kier alpha value is -8.04. The van der Waals surface area contributed by atoms with Crippen molar-refractivity contribution < 1.29 is 0 Å². The minimum atomic E-state index is -0.507. The van der Waals surface area contributed by atoms with Gasteiger partial charge in [0, 0.05) is 37.1 Å². The zero-order valence-corrected chi connectivity index (χ0v) is 36.3. The van der Waals surface area contributed by atoms with Gasteiger partial charge in [-0.15, -0.1) is 11.3 Å². The third kappa shape index (κ3) is 5.78. The number of nitrogens with zero attached hydrogens (tertiary/aromatic N) is 1. The first-order chi connectivity index (χ1) is 32.3. The Morgan fingerprint density at radius 2 is 0.862 bits per heavy atom. The predicted octanol–water partition coefficient (Wildman–Crippen LogP) is 17.5. The Labute approximate surface area is 382 Å². The molecule has 0 amide bonds. The molecule has 1 nitrogen and oxygen atoms in total. The summed E-state index contributed by atoms with van der Waals surface area (Å²) in [5, 5.41) is 7.58. The molecule has 1 aromatic heterocycles. The Morgan fingerprint density at radius 1 is 0.323 bits per heavy atom. The molecule has 0 unspecified atom stereocenters. The lowest BCUT2D eigenvalue weighted by Gasteiger charge is -2.34. The highest BCUT2D eigenvalue weighted by Crippen LogP contribution is 2.59. The highest BCUT2D eigenvalue weighted by atomic mass is 32.1. The average molecular weight is 844 g/mol. The van der Waals surface area contributed by atoms with Crippen LogP contribution in [0.5, 0.6) is 0 Å². The SMILES string of the molecule is c1ccc(C2(c3ccccc3)c3ccccc3-c3c(N(c4ccc(-c5ccc(-c6cccc7ccccc67)c6ccccc56)cc4)c4ccc5sc6ccccc6c5c4)cccc32)cc1. The van der Waals surface area contributed by atoms with Gasteiger partial charge in [-0.2, -0.15) is 0 Å². The van der Waals surface area contributed by atoms with Crippen LogP contribution >= 0.6 is 11.3 Å². The molecule has 12 aromatic rings. The second-order valence-electron chi connectivity index (χ2n) is 17.1. The van der Waals surface area contributed by atoms with Crippen LogP contribution in [0.4, 0.5) is 17.1 Å². The highest BCUT2D eigenvalue weighted by molar-refractivity contribution is 7.25. The van der Waals surface area contributed by atoms with E-state index in [4.69, 9.17) is 0 Å². The molecule has 13 rings (SSSR count). The first-order valence-electron chi connectivity index (χ1n) is 22.4. The minimum absolute atomic E-state index is 0.507. The van der Waals surface area contributed by atoms with Crippen LogP contribution < -0.4 is 4.90 Å². The van der Waals surface area contributed by atoms with Gasteiger partial charge in [-0.25, -0.2) is 0 Å². The number of hydrogen-bond acceptors (Lipinski definition) is 2. The Kier molecular flexibility index (Phi) is 8.69. The van der Waals surface area contributed by atoms with Crippen LogP contribution in [0, 0.1) is 0 Å². The van der Waals surface area contributed by atoms with Crippen molar-refractivity contribution in [3.63, 3.8) is 0 Å². The molecule has 0 saturated carbocycles. The van der Waals surface area contributed by atoms with E-state index >= 15 is 0 Å². The fourth-order valence-corrected chi connectivity index (χ4v) is 12.1. The van der Waals surface area contributed by atoms with Crippen LogP contribution in [-0.4, -0.2) is 0 Å². The first-order valence-corrected chi connectivity index (χ1v) is 23.2. The lowest BCUT2D eigenvalue weighted by molar-refractivity contribution is 0.768. The third-order valence-corrected chi connectivity index (χ3v) is 14.9. The molecule has 0 saturated heterocycles. The van der Waals surface area contributed by atoms with Crippen molar-refractivity contribution in [3.05, 3.63) is 271 Å². The molecule has 0 bridgehead atoms. The summed E-state index contributed by atoms with van der Waals surface area (Å²) >= 11 is 1.86. The number of fused-ring (bicyclic) bond motifs is 8. The van der Waals surface area contributed by atoms with E-state index in [-0.39, 0.29) is 0 Å². The third-order valence-electron chi connectivity index (χ3n) is 13.8. The van der Waals surface area contributed by atoms with Crippen molar-refractivity contribution in [1.82, 2.24) is 0 Å². The van der Waals surface area contributed by atoms with Gasteiger partial charge in [-0.3, -0.25) is 0 Å². The van der Waals surface area contributed by atoms with Crippen molar-refractivity contribution in [2.24, 2.45) is 0 Å². The van der Waals surface area contributed by atoms with Gasteiger partial charge in [0.05, 0.1) is 11.1 Å². The van der Waals surface area contributed by atoms with Crippen molar-refractivity contribution in [2.75, 3.05) is 4.90 Å². The molecule has 2 heteroatoms. The van der Waals surface area contributed by atoms with E-state index in [2.05, 4.69) is 254 Å². The molecule has 0 radical (unpaired) electrons. The van der Waals surface area contributed by atoms with Gasteiger partial charge in [0.15, 0.2) is 0 Å². The maximum absolute atomic E-state index is 2.50. The number of benzene rings is 11. The normalized spacial score (nSPS) is 12.7. The van der Waals surface area contributed by atoms with Crippen molar-refractivity contribution in [2.45, 2.75) is 5.41 Å². The van der Waals surface area contributed by atoms with Crippen LogP contribution in [0.3, 0.4) is 0 Å². The van der Waals surface area contributed by atoms with Gasteiger partial charge < -0.3 is 4.90 Å². The van der Waals surface area contributed by atoms with E-state index < -0.39 is 5.41 Å². The molecule has 1 aliphatic rings. The molecule has 0 aliphatic heterocycles. The van der Waals surface area contributed by atoms with Crippen LogP contribution in [0.1, 0.15) is 22.3 Å². The predicted molar refractivity (Wildman–Crippen MR) is 277 cm³/mol. The Bertz CT molecular complexity index is 3730. The van der Waals surface area contributed by atoms with Crippen molar-refractivity contribution in [3.8, 4) is 33.4 Å². The summed E-state index contributed by atoms with van der Waals surface area (Å²) in [4.78, 5) is 2.50. The van der Waals surface area contributed by atoms with Gasteiger partial charge in [-0.1, -0.05) is 206 Å². The molecular formula is C63H41NS. The van der Waals surface area contributed by atoms with Crippen LogP contribution in [0.15, 0.2) is 249 Å². The zero-order valence-electron chi connectivity index (χ0n) is 35.5. The van der Waals surface area contributed by atoms with Crippen molar-refractivity contribution >= 4 is 70.1 Å². The monoisotopic (exact) mass is 843 g/mol. The molecule has 0 fully saturated rings. The van der Waals surface area contributed by atoms with Gasteiger partial charge in [0.25, 0.3) is 0 Å². The summed E-state index contributed by atoms with van der Waals surface area (Å²) in [5.74, 6) is 0. The summed E-state index contributed by atoms with van der Waals surface area (Å²) in [6, 6.07) is 92.1. The first kappa shape index (κ1) is 37.5. The molecule has 11 aromatic carbocycles.